The quantitative estimate of drug-likeness (QED) is 0.636. The van der Waals surface area contributed by atoms with Gasteiger partial charge in [-0.1, -0.05) is 0 Å². The van der Waals surface area contributed by atoms with E-state index in [1.54, 1.807) is 29.9 Å². The SMILES string of the molecule is Cn1cccc1C(=O)NC(CCO)C(=O)O. The van der Waals surface area contributed by atoms with Crippen molar-refractivity contribution in [3.63, 3.8) is 0 Å². The predicted molar refractivity (Wildman–Crippen MR) is 56.0 cm³/mol. The van der Waals surface area contributed by atoms with Crippen molar-refractivity contribution in [3.05, 3.63) is 24.0 Å². The van der Waals surface area contributed by atoms with Crippen molar-refractivity contribution < 1.29 is 19.8 Å². The second kappa shape index (κ2) is 5.32. The van der Waals surface area contributed by atoms with E-state index >= 15 is 0 Å². The summed E-state index contributed by atoms with van der Waals surface area (Å²) in [5, 5.41) is 19.8. The van der Waals surface area contributed by atoms with Crippen LogP contribution in [0.2, 0.25) is 0 Å². The van der Waals surface area contributed by atoms with E-state index in [0.717, 1.165) is 0 Å². The molecule has 1 heterocycles. The summed E-state index contributed by atoms with van der Waals surface area (Å²) in [6.45, 7) is -0.287. The number of aliphatic hydroxyl groups excluding tert-OH is 1. The van der Waals surface area contributed by atoms with Gasteiger partial charge in [0.2, 0.25) is 0 Å². The van der Waals surface area contributed by atoms with Crippen LogP contribution in [-0.4, -0.2) is 39.3 Å². The van der Waals surface area contributed by atoms with E-state index in [-0.39, 0.29) is 13.0 Å². The number of nitrogens with zero attached hydrogens (tertiary/aromatic N) is 1. The van der Waals surface area contributed by atoms with Gasteiger partial charge < -0.3 is 20.1 Å². The summed E-state index contributed by atoms with van der Waals surface area (Å²) in [5.74, 6) is -1.62. The van der Waals surface area contributed by atoms with Gasteiger partial charge in [-0.25, -0.2) is 4.79 Å². The average Bonchev–Trinajstić information content (AvgIpc) is 2.63. The first-order valence-electron chi connectivity index (χ1n) is 4.82. The summed E-state index contributed by atoms with van der Waals surface area (Å²) < 4.78 is 1.59. The topological polar surface area (TPSA) is 91.6 Å². The second-order valence-electron chi connectivity index (χ2n) is 3.38. The first-order chi connectivity index (χ1) is 7.56. The molecule has 1 unspecified atom stereocenters. The van der Waals surface area contributed by atoms with Crippen molar-refractivity contribution in [1.29, 1.82) is 0 Å². The number of rotatable bonds is 5. The molecule has 3 N–H and O–H groups in total. The zero-order valence-corrected chi connectivity index (χ0v) is 8.88. The predicted octanol–water partition coefficient (Wildman–Crippen LogP) is -0.410. The Labute approximate surface area is 92.5 Å². The molecule has 0 aliphatic carbocycles. The van der Waals surface area contributed by atoms with Crippen LogP contribution >= 0.6 is 0 Å². The molecule has 0 aromatic carbocycles. The Bertz CT molecular complexity index is 386. The molecule has 0 saturated heterocycles. The number of carboxylic acid groups (broad SMARTS) is 1. The molecular weight excluding hydrogens is 212 g/mol. The van der Waals surface area contributed by atoms with Crippen LogP contribution in [0.25, 0.3) is 0 Å². The highest BCUT2D eigenvalue weighted by molar-refractivity contribution is 5.95. The number of aliphatic carboxylic acids is 1. The largest absolute Gasteiger partial charge is 0.480 e. The third kappa shape index (κ3) is 2.83. The molecule has 0 fully saturated rings. The summed E-state index contributed by atoms with van der Waals surface area (Å²) in [6.07, 6.45) is 1.68. The highest BCUT2D eigenvalue weighted by Gasteiger charge is 2.20. The molecule has 0 saturated carbocycles. The number of aromatic nitrogens is 1. The second-order valence-corrected chi connectivity index (χ2v) is 3.38. The molecule has 88 valence electrons. The molecule has 1 amide bonds. The molecule has 1 atom stereocenters. The average molecular weight is 226 g/mol. The number of aryl methyl sites for hydroxylation is 1. The summed E-state index contributed by atoms with van der Waals surface area (Å²) in [7, 11) is 1.69. The molecule has 16 heavy (non-hydrogen) atoms. The van der Waals surface area contributed by atoms with Crippen LogP contribution in [0.1, 0.15) is 16.9 Å². The van der Waals surface area contributed by atoms with Crippen molar-refractivity contribution in [3.8, 4) is 0 Å². The number of carboxylic acids is 1. The Hall–Kier alpha value is -1.82. The lowest BCUT2D eigenvalue weighted by Crippen LogP contribution is -2.41. The van der Waals surface area contributed by atoms with Crippen LogP contribution in [0.3, 0.4) is 0 Å². The monoisotopic (exact) mass is 226 g/mol. The van der Waals surface area contributed by atoms with Crippen LogP contribution in [0.5, 0.6) is 0 Å². The van der Waals surface area contributed by atoms with Gasteiger partial charge in [0.25, 0.3) is 5.91 Å². The van der Waals surface area contributed by atoms with E-state index in [2.05, 4.69) is 5.32 Å². The van der Waals surface area contributed by atoms with Crippen molar-refractivity contribution in [2.45, 2.75) is 12.5 Å². The minimum Gasteiger partial charge on any atom is -0.480 e. The van der Waals surface area contributed by atoms with Crippen molar-refractivity contribution in [2.75, 3.05) is 6.61 Å². The third-order valence-electron chi connectivity index (χ3n) is 2.20. The van der Waals surface area contributed by atoms with Crippen molar-refractivity contribution in [2.24, 2.45) is 7.05 Å². The zero-order valence-electron chi connectivity index (χ0n) is 8.88. The van der Waals surface area contributed by atoms with Gasteiger partial charge in [0, 0.05) is 26.3 Å². The fraction of sp³-hybridized carbons (Fsp3) is 0.400. The molecule has 0 radical (unpaired) electrons. The van der Waals surface area contributed by atoms with Crippen LogP contribution < -0.4 is 5.32 Å². The number of carbonyl (C=O) groups is 2. The van der Waals surface area contributed by atoms with Crippen molar-refractivity contribution >= 4 is 11.9 Å². The van der Waals surface area contributed by atoms with Gasteiger partial charge in [-0.2, -0.15) is 0 Å². The van der Waals surface area contributed by atoms with Crippen LogP contribution in [-0.2, 0) is 11.8 Å². The van der Waals surface area contributed by atoms with E-state index in [0.29, 0.717) is 5.69 Å². The molecule has 0 spiro atoms. The molecule has 1 aromatic rings. The molecule has 1 rings (SSSR count). The summed E-state index contributed by atoms with van der Waals surface area (Å²) in [4.78, 5) is 22.4. The van der Waals surface area contributed by atoms with Crippen LogP contribution in [0, 0.1) is 0 Å². The van der Waals surface area contributed by atoms with Gasteiger partial charge in [-0.3, -0.25) is 4.79 Å². The van der Waals surface area contributed by atoms with E-state index < -0.39 is 17.9 Å². The Balaban J connectivity index is 2.69. The van der Waals surface area contributed by atoms with E-state index in [1.807, 2.05) is 0 Å². The molecule has 0 aliphatic rings. The van der Waals surface area contributed by atoms with Gasteiger partial charge in [0.05, 0.1) is 0 Å². The Morgan fingerprint density at radius 3 is 2.69 bits per heavy atom. The highest BCUT2D eigenvalue weighted by atomic mass is 16.4. The van der Waals surface area contributed by atoms with Crippen molar-refractivity contribution in [1.82, 2.24) is 9.88 Å². The first-order valence-corrected chi connectivity index (χ1v) is 4.82. The Morgan fingerprint density at radius 2 is 2.25 bits per heavy atom. The number of carbonyl (C=O) groups excluding carboxylic acids is 1. The van der Waals surface area contributed by atoms with Gasteiger partial charge in [-0.15, -0.1) is 0 Å². The van der Waals surface area contributed by atoms with Crippen LogP contribution in [0.15, 0.2) is 18.3 Å². The third-order valence-corrected chi connectivity index (χ3v) is 2.20. The maximum absolute atomic E-state index is 11.6. The summed E-state index contributed by atoms with van der Waals surface area (Å²) >= 11 is 0. The molecule has 6 heteroatoms. The number of amides is 1. The van der Waals surface area contributed by atoms with Crippen LogP contribution in [0.4, 0.5) is 0 Å². The number of nitrogens with one attached hydrogen (secondary N) is 1. The van der Waals surface area contributed by atoms with Gasteiger partial charge in [-0.05, 0) is 12.1 Å². The van der Waals surface area contributed by atoms with E-state index in [9.17, 15) is 9.59 Å². The van der Waals surface area contributed by atoms with Gasteiger partial charge in [0.1, 0.15) is 11.7 Å². The zero-order chi connectivity index (χ0) is 12.1. The number of aliphatic hydroxyl groups is 1. The molecule has 0 aliphatic heterocycles. The molecule has 6 nitrogen and oxygen atoms in total. The first kappa shape index (κ1) is 12.3. The minimum absolute atomic E-state index is 0.00844. The van der Waals surface area contributed by atoms with Gasteiger partial charge >= 0.3 is 5.97 Å². The minimum atomic E-state index is -1.16. The lowest BCUT2D eigenvalue weighted by atomic mass is 10.2. The van der Waals surface area contributed by atoms with Gasteiger partial charge in [0.15, 0.2) is 0 Å². The van der Waals surface area contributed by atoms with E-state index in [4.69, 9.17) is 10.2 Å². The highest BCUT2D eigenvalue weighted by Crippen LogP contribution is 2.01. The maximum Gasteiger partial charge on any atom is 0.326 e. The molecule has 1 aromatic heterocycles. The van der Waals surface area contributed by atoms with E-state index in [1.165, 1.54) is 0 Å². The normalized spacial score (nSPS) is 12.1. The Morgan fingerprint density at radius 1 is 1.56 bits per heavy atom. The summed E-state index contributed by atoms with van der Waals surface area (Å²) in [6, 6.07) is 2.22. The standard InChI is InChI=1S/C10H14N2O4/c1-12-5-2-3-8(12)9(14)11-7(4-6-13)10(15)16/h2-3,5,7,13H,4,6H2,1H3,(H,11,14)(H,15,16). The maximum atomic E-state index is 11.6. The smallest absolute Gasteiger partial charge is 0.326 e. The summed E-state index contributed by atoms with van der Waals surface area (Å²) in [5.41, 5.74) is 0.379. The lowest BCUT2D eigenvalue weighted by molar-refractivity contribution is -0.139. The molecular formula is C10H14N2O4. The number of hydrogen-bond donors (Lipinski definition) is 3. The molecule has 0 bridgehead atoms. The number of hydrogen-bond acceptors (Lipinski definition) is 3. The lowest BCUT2D eigenvalue weighted by Gasteiger charge is -2.13. The fourth-order valence-electron chi connectivity index (χ4n) is 1.32. The Kier molecular flexibility index (Phi) is 4.07. The fourth-order valence-corrected chi connectivity index (χ4v) is 1.32.